The van der Waals surface area contributed by atoms with Gasteiger partial charge < -0.3 is 10.6 Å². The number of amides is 2. The fourth-order valence-corrected chi connectivity index (χ4v) is 7.29. The number of nitrogens with one attached hydrogen (secondary N) is 2. The van der Waals surface area contributed by atoms with E-state index in [2.05, 4.69) is 15.6 Å². The second-order valence-electron chi connectivity index (χ2n) is 6.52. The van der Waals surface area contributed by atoms with Crippen LogP contribution in [0.1, 0.15) is 30.6 Å². The van der Waals surface area contributed by atoms with Gasteiger partial charge in [-0.3, -0.25) is 9.59 Å². The van der Waals surface area contributed by atoms with E-state index in [-0.39, 0.29) is 22.9 Å². The number of carbonyl (C=O) groups is 2. The highest BCUT2D eigenvalue weighted by molar-refractivity contribution is 9.18. The zero-order chi connectivity index (χ0) is 22.4. The molecule has 0 unspecified atom stereocenters. The first-order valence-corrected chi connectivity index (χ1v) is 13.3. The Bertz CT molecular complexity index is 1190. The van der Waals surface area contributed by atoms with Crippen LogP contribution in [0.4, 0.5) is 18.9 Å². The van der Waals surface area contributed by atoms with Crippen molar-refractivity contribution in [3.05, 3.63) is 69.7 Å². The molecule has 0 bridgehead atoms. The molecule has 2 aromatic carbocycles. The Morgan fingerprint density at radius 3 is 2.61 bits per heavy atom. The van der Waals surface area contributed by atoms with E-state index < -0.39 is 25.2 Å². The summed E-state index contributed by atoms with van der Waals surface area (Å²) in [7, 11) is -2.12. The van der Waals surface area contributed by atoms with Crippen LogP contribution in [0.5, 0.6) is 0 Å². The summed E-state index contributed by atoms with van der Waals surface area (Å²) in [5.74, 6) is -0.837. The number of hydrogen-bond acceptors (Lipinski definition) is 6. The number of fused-ring (bicyclic) bond motifs is 2. The van der Waals surface area contributed by atoms with Crippen molar-refractivity contribution in [3.63, 3.8) is 0 Å². The molecule has 1 aliphatic heterocycles. The van der Waals surface area contributed by atoms with E-state index in [0.29, 0.717) is 32.4 Å². The van der Waals surface area contributed by atoms with Gasteiger partial charge >= 0.3 is 6.18 Å². The van der Waals surface area contributed by atoms with Crippen molar-refractivity contribution in [1.29, 1.82) is 0 Å². The highest BCUT2D eigenvalue weighted by Crippen LogP contribution is 2.73. The molecule has 1 aromatic heterocycles. The van der Waals surface area contributed by atoms with Gasteiger partial charge in [0.15, 0.2) is 5.01 Å². The molecular weight excluding hydrogens is 487 g/mol. The summed E-state index contributed by atoms with van der Waals surface area (Å²) in [6, 6.07) is 11.8. The molecule has 0 atom stereocenters. The molecule has 162 valence electrons. The molecule has 4 rings (SSSR count). The molecule has 0 saturated carbocycles. The van der Waals surface area contributed by atoms with E-state index in [1.807, 2.05) is 0 Å². The minimum atomic E-state index is -4.52. The van der Waals surface area contributed by atoms with Crippen LogP contribution in [-0.4, -0.2) is 16.8 Å². The third kappa shape index (κ3) is 4.29. The fraction of sp³-hybridized carbons (Fsp3) is 0.105. The average molecular weight is 502 g/mol. The molecule has 0 aliphatic carbocycles. The van der Waals surface area contributed by atoms with Crippen LogP contribution < -0.4 is 10.6 Å². The summed E-state index contributed by atoms with van der Waals surface area (Å²) in [6.45, 7) is -0.101. The molecule has 2 amide bonds. The lowest BCUT2D eigenvalue weighted by atomic mass is 10.1. The van der Waals surface area contributed by atoms with E-state index in [4.69, 9.17) is 23.3 Å². The van der Waals surface area contributed by atoms with Crippen molar-refractivity contribution < 1.29 is 22.8 Å². The third-order valence-corrected chi connectivity index (χ3v) is 9.80. The maximum Gasteiger partial charge on any atom is 0.443 e. The molecule has 0 spiro atoms. The molecule has 0 radical (unpaired) electrons. The number of rotatable bonds is 3. The number of benzene rings is 2. The molecule has 3 aromatic rings. The molecule has 1 aliphatic rings. The normalized spacial score (nSPS) is 15.8. The Morgan fingerprint density at radius 1 is 1.16 bits per heavy atom. The maximum absolute atomic E-state index is 12.7. The Hall–Kier alpha value is -2.15. The van der Waals surface area contributed by atoms with Gasteiger partial charge in [-0.2, -0.15) is 13.2 Å². The monoisotopic (exact) mass is 501 g/mol. The quantitative estimate of drug-likeness (QED) is 0.280. The SMILES string of the molecule is O=C(NCc1cnc(C(F)(F)F)s1)c1ccc2c(c1)NC(=O)c1ccccc1S2(S)S. The van der Waals surface area contributed by atoms with Crippen LogP contribution in [-0.2, 0) is 12.7 Å². The summed E-state index contributed by atoms with van der Waals surface area (Å²) < 4.78 is 38.0. The Labute approximate surface area is 190 Å². The van der Waals surface area contributed by atoms with Crippen molar-refractivity contribution in [2.24, 2.45) is 0 Å². The molecule has 2 N–H and O–H groups in total. The highest BCUT2D eigenvalue weighted by Gasteiger charge is 2.35. The van der Waals surface area contributed by atoms with Gasteiger partial charge in [0.2, 0.25) is 0 Å². The minimum Gasteiger partial charge on any atom is -0.347 e. The first-order valence-electron chi connectivity index (χ1n) is 8.70. The fourth-order valence-electron chi connectivity index (χ4n) is 3.02. The number of halogens is 3. The Morgan fingerprint density at radius 2 is 1.90 bits per heavy atom. The number of aromatic nitrogens is 1. The third-order valence-electron chi connectivity index (χ3n) is 4.45. The van der Waals surface area contributed by atoms with E-state index in [0.717, 1.165) is 6.20 Å². The first kappa shape index (κ1) is 22.1. The molecule has 31 heavy (non-hydrogen) atoms. The summed E-state index contributed by atoms with van der Waals surface area (Å²) >= 11 is 9.96. The zero-order valence-electron chi connectivity index (χ0n) is 15.4. The van der Waals surface area contributed by atoms with Crippen molar-refractivity contribution in [2.75, 3.05) is 5.32 Å². The zero-order valence-corrected chi connectivity index (χ0v) is 18.9. The van der Waals surface area contributed by atoms with Gasteiger partial charge in [0.1, 0.15) is 0 Å². The van der Waals surface area contributed by atoms with Gasteiger partial charge in [0.25, 0.3) is 11.8 Å². The van der Waals surface area contributed by atoms with Gasteiger partial charge in [-0.05, 0) is 30.3 Å². The van der Waals surface area contributed by atoms with Crippen molar-refractivity contribution in [3.8, 4) is 0 Å². The lowest BCUT2D eigenvalue weighted by molar-refractivity contribution is -0.137. The molecule has 0 fully saturated rings. The van der Waals surface area contributed by atoms with Gasteiger partial charge in [0, 0.05) is 26.4 Å². The van der Waals surface area contributed by atoms with Crippen LogP contribution >= 0.6 is 42.8 Å². The van der Waals surface area contributed by atoms with Crippen molar-refractivity contribution in [2.45, 2.75) is 22.5 Å². The van der Waals surface area contributed by atoms with Crippen LogP contribution in [0, 0.1) is 0 Å². The number of thiazole rings is 1. The van der Waals surface area contributed by atoms with Gasteiger partial charge in [0.05, 0.1) is 17.8 Å². The Balaban J connectivity index is 1.57. The predicted octanol–water partition coefficient (Wildman–Crippen LogP) is 5.57. The number of anilines is 1. The molecule has 2 heterocycles. The average Bonchev–Trinajstić information content (AvgIpc) is 3.18. The van der Waals surface area contributed by atoms with Gasteiger partial charge in [-0.25, -0.2) is 4.98 Å². The minimum absolute atomic E-state index is 0.101. The smallest absolute Gasteiger partial charge is 0.347 e. The topological polar surface area (TPSA) is 71.1 Å². The number of thiol groups is 2. The van der Waals surface area contributed by atoms with Gasteiger partial charge in [-0.1, -0.05) is 20.2 Å². The van der Waals surface area contributed by atoms with Crippen molar-refractivity contribution >= 4 is 60.3 Å². The Kier molecular flexibility index (Phi) is 5.75. The van der Waals surface area contributed by atoms with Gasteiger partial charge in [-0.15, -0.1) is 34.7 Å². The van der Waals surface area contributed by atoms with Crippen LogP contribution in [0.25, 0.3) is 0 Å². The first-order chi connectivity index (χ1) is 14.6. The molecule has 12 heteroatoms. The maximum atomic E-state index is 12.7. The molecular formula is C19H14F3N3O2S4. The summed E-state index contributed by atoms with van der Waals surface area (Å²) in [4.78, 5) is 30.2. The van der Waals surface area contributed by atoms with Crippen LogP contribution in [0.3, 0.4) is 0 Å². The van der Waals surface area contributed by atoms with E-state index in [9.17, 15) is 22.8 Å². The van der Waals surface area contributed by atoms with E-state index in [1.165, 1.54) is 6.07 Å². The number of nitrogens with zero attached hydrogens (tertiary/aromatic N) is 1. The predicted molar refractivity (Wildman–Crippen MR) is 121 cm³/mol. The summed E-state index contributed by atoms with van der Waals surface area (Å²) in [5.41, 5.74) is 1.10. The molecule has 5 nitrogen and oxygen atoms in total. The second kappa shape index (κ2) is 8.08. The largest absolute Gasteiger partial charge is 0.443 e. The number of hydrogen-bond donors (Lipinski definition) is 4. The lowest BCUT2D eigenvalue weighted by Crippen LogP contribution is -2.22. The van der Waals surface area contributed by atoms with Crippen molar-refractivity contribution in [1.82, 2.24) is 10.3 Å². The van der Waals surface area contributed by atoms with E-state index in [1.54, 1.807) is 36.4 Å². The van der Waals surface area contributed by atoms with E-state index >= 15 is 0 Å². The summed E-state index contributed by atoms with van der Waals surface area (Å²) in [5, 5.41) is 4.40. The summed E-state index contributed by atoms with van der Waals surface area (Å²) in [6.07, 6.45) is -3.43. The second-order valence-corrected chi connectivity index (χ2v) is 13.8. The van der Waals surface area contributed by atoms with Crippen LogP contribution in [0.15, 0.2) is 58.5 Å². The van der Waals surface area contributed by atoms with Crippen LogP contribution in [0.2, 0.25) is 0 Å². The standard InChI is InChI=1S/C19H14F3N3O2S4/c20-19(21,22)18-24-9-11(30-18)8-23-16(26)10-5-6-15-13(7-10)25-17(27)12-3-1-2-4-14(12)31(15,28)29/h1-7,9,28-29H,8H2,(H,23,26)(H,25,27). The highest BCUT2D eigenvalue weighted by atomic mass is 33.5. The molecule has 0 saturated heterocycles. The lowest BCUT2D eigenvalue weighted by Gasteiger charge is -2.30. The number of alkyl halides is 3. The number of carbonyl (C=O) groups excluding carboxylic acids is 2.